The van der Waals surface area contributed by atoms with Crippen LogP contribution in [0.3, 0.4) is 0 Å². The third-order valence-electron chi connectivity index (χ3n) is 7.06. The summed E-state index contributed by atoms with van der Waals surface area (Å²) in [5.74, 6) is -0.783. The minimum absolute atomic E-state index is 0.336. The molecule has 11 nitrogen and oxygen atoms in total. The van der Waals surface area contributed by atoms with E-state index >= 15 is 0 Å². The van der Waals surface area contributed by atoms with Gasteiger partial charge in [0, 0.05) is 33.6 Å². The molecule has 0 spiro atoms. The number of aryl methyl sites for hydroxylation is 1. The number of nitrogens with zero attached hydrogens (tertiary/aromatic N) is 5. The maximum absolute atomic E-state index is 13.4. The number of aromatic nitrogens is 5. The molecule has 3 aromatic rings. The number of alkyl halides is 2. The largest absolute Gasteiger partial charge is 0.383 e. The fourth-order valence-electron chi connectivity index (χ4n) is 4.66. The Balaban J connectivity index is 1.71. The third-order valence-corrected chi connectivity index (χ3v) is 9.20. The van der Waals surface area contributed by atoms with Crippen LogP contribution in [0.1, 0.15) is 48.1 Å². The number of pyridine rings is 1. The van der Waals surface area contributed by atoms with E-state index in [1.54, 1.807) is 25.4 Å². The van der Waals surface area contributed by atoms with Crippen LogP contribution >= 0.6 is 23.2 Å². The SMILES string of the molecule is CCc1c(-c2ccc(NC(=O)[C@H](CCCC(Cl)Cl)NC(=O)c3ccnn3CCOC)cn2)c(C)nn1COCC[Si](C)(C)C. The summed E-state index contributed by atoms with van der Waals surface area (Å²) in [4.78, 5) is 30.6. The van der Waals surface area contributed by atoms with Crippen molar-refractivity contribution in [2.24, 2.45) is 0 Å². The van der Waals surface area contributed by atoms with Crippen LogP contribution in [0.2, 0.25) is 25.7 Å². The first-order chi connectivity index (χ1) is 20.9. The molecular weight excluding hydrogens is 621 g/mol. The highest BCUT2D eigenvalue weighted by molar-refractivity contribution is 6.76. The Morgan fingerprint density at radius 2 is 1.86 bits per heavy atom. The van der Waals surface area contributed by atoms with Crippen molar-refractivity contribution < 1.29 is 19.1 Å². The molecule has 3 rings (SSSR count). The molecule has 44 heavy (non-hydrogen) atoms. The minimum atomic E-state index is -1.17. The molecular formula is C30H45Cl2N7O4Si. The van der Waals surface area contributed by atoms with Crippen molar-refractivity contribution in [3.63, 3.8) is 0 Å². The van der Waals surface area contributed by atoms with E-state index in [1.807, 2.05) is 17.7 Å². The summed E-state index contributed by atoms with van der Waals surface area (Å²) in [5.41, 5.74) is 4.48. The zero-order chi connectivity index (χ0) is 32.3. The van der Waals surface area contributed by atoms with Gasteiger partial charge in [0.25, 0.3) is 5.91 Å². The number of halogens is 2. The molecule has 0 aliphatic carbocycles. The van der Waals surface area contributed by atoms with Crippen LogP contribution in [0.15, 0.2) is 30.6 Å². The molecule has 242 valence electrons. The first kappa shape index (κ1) is 35.7. The predicted molar refractivity (Wildman–Crippen MR) is 177 cm³/mol. The van der Waals surface area contributed by atoms with Crippen LogP contribution in [-0.4, -0.2) is 75.6 Å². The molecule has 0 aromatic carbocycles. The van der Waals surface area contributed by atoms with Crippen LogP contribution in [-0.2, 0) is 34.0 Å². The zero-order valence-corrected chi connectivity index (χ0v) is 29.0. The first-order valence-electron chi connectivity index (χ1n) is 14.9. The topological polar surface area (TPSA) is 125 Å². The number of ether oxygens (including phenoxy) is 2. The number of hydrogen-bond donors (Lipinski definition) is 2. The second kappa shape index (κ2) is 17.1. The second-order valence-electron chi connectivity index (χ2n) is 11.8. The number of hydrogen-bond acceptors (Lipinski definition) is 7. The lowest BCUT2D eigenvalue weighted by Gasteiger charge is -2.19. The van der Waals surface area contributed by atoms with Gasteiger partial charge in [0.2, 0.25) is 5.91 Å². The van der Waals surface area contributed by atoms with E-state index in [2.05, 4.69) is 47.3 Å². The summed E-state index contributed by atoms with van der Waals surface area (Å²) in [5, 5.41) is 14.6. The average molecular weight is 667 g/mol. The van der Waals surface area contributed by atoms with Crippen molar-refractivity contribution in [2.45, 2.75) is 89.4 Å². The Labute approximate surface area is 271 Å². The Morgan fingerprint density at radius 3 is 2.50 bits per heavy atom. The van der Waals surface area contributed by atoms with E-state index in [4.69, 9.17) is 37.8 Å². The lowest BCUT2D eigenvalue weighted by atomic mass is 10.1. The van der Waals surface area contributed by atoms with Crippen molar-refractivity contribution in [3.8, 4) is 11.3 Å². The number of methoxy groups -OCH3 is 1. The standard InChI is InChI=1S/C30H45Cl2N7O4Si/c1-7-25-28(21(2)37-39(25)20-43-17-18-44(4,5)6)23-12-11-22(19-33-23)35-29(40)24(9-8-10-27(31)32)36-30(41)26-13-14-34-38(26)15-16-42-3/h11-14,19,24,27H,7-10,15-18,20H2,1-6H3,(H,35,40)(H,36,41)/t24-/m0/s1. The van der Waals surface area contributed by atoms with Crippen LogP contribution in [0.5, 0.6) is 0 Å². The molecule has 0 radical (unpaired) electrons. The fourth-order valence-corrected chi connectivity index (χ4v) is 5.73. The van der Waals surface area contributed by atoms with E-state index in [0.717, 1.165) is 41.7 Å². The number of carbonyl (C=O) groups is 2. The average Bonchev–Trinajstić information content (AvgIpc) is 3.57. The highest BCUT2D eigenvalue weighted by atomic mass is 35.5. The molecule has 0 fully saturated rings. The van der Waals surface area contributed by atoms with Gasteiger partial charge in [0.05, 0.1) is 42.1 Å². The van der Waals surface area contributed by atoms with Gasteiger partial charge in [-0.3, -0.25) is 19.3 Å². The van der Waals surface area contributed by atoms with Gasteiger partial charge in [0.1, 0.15) is 23.3 Å². The molecule has 1 atom stereocenters. The Kier molecular flexibility index (Phi) is 13.8. The van der Waals surface area contributed by atoms with E-state index in [0.29, 0.717) is 50.5 Å². The summed E-state index contributed by atoms with van der Waals surface area (Å²) < 4.78 is 14.5. The lowest BCUT2D eigenvalue weighted by molar-refractivity contribution is -0.118. The van der Waals surface area contributed by atoms with Gasteiger partial charge in [-0.25, -0.2) is 4.68 Å². The van der Waals surface area contributed by atoms with Crippen LogP contribution in [0, 0.1) is 6.92 Å². The quantitative estimate of drug-likeness (QED) is 0.102. The van der Waals surface area contributed by atoms with E-state index in [-0.39, 0.29) is 5.91 Å². The van der Waals surface area contributed by atoms with Gasteiger partial charge >= 0.3 is 0 Å². The second-order valence-corrected chi connectivity index (χ2v) is 18.7. The van der Waals surface area contributed by atoms with Gasteiger partial charge < -0.3 is 20.1 Å². The van der Waals surface area contributed by atoms with Crippen LogP contribution < -0.4 is 10.6 Å². The molecule has 0 saturated heterocycles. The van der Waals surface area contributed by atoms with Crippen molar-refractivity contribution in [1.29, 1.82) is 0 Å². The normalized spacial score (nSPS) is 12.5. The van der Waals surface area contributed by atoms with Crippen molar-refractivity contribution in [3.05, 3.63) is 47.7 Å². The molecule has 2 amide bonds. The summed E-state index contributed by atoms with van der Waals surface area (Å²) in [6.45, 7) is 13.0. The number of amides is 2. The zero-order valence-electron chi connectivity index (χ0n) is 26.5. The molecule has 0 bridgehead atoms. The third kappa shape index (κ3) is 10.7. The summed E-state index contributed by atoms with van der Waals surface area (Å²) >= 11 is 11.8. The summed E-state index contributed by atoms with van der Waals surface area (Å²) in [6.07, 6.45) is 5.30. The number of anilines is 1. The Morgan fingerprint density at radius 1 is 1.09 bits per heavy atom. The Hall–Kier alpha value is -2.77. The van der Waals surface area contributed by atoms with Crippen molar-refractivity contribution >= 4 is 48.8 Å². The van der Waals surface area contributed by atoms with E-state index in [1.165, 1.54) is 10.9 Å². The lowest BCUT2D eigenvalue weighted by Crippen LogP contribution is -2.44. The van der Waals surface area contributed by atoms with E-state index < -0.39 is 24.9 Å². The summed E-state index contributed by atoms with van der Waals surface area (Å²) in [6, 6.07) is 5.54. The van der Waals surface area contributed by atoms with Gasteiger partial charge in [-0.05, 0) is 56.9 Å². The molecule has 3 aromatic heterocycles. The highest BCUT2D eigenvalue weighted by Crippen LogP contribution is 2.27. The maximum Gasteiger partial charge on any atom is 0.270 e. The molecule has 3 heterocycles. The van der Waals surface area contributed by atoms with Gasteiger partial charge in [-0.15, -0.1) is 23.2 Å². The maximum atomic E-state index is 13.4. The van der Waals surface area contributed by atoms with Crippen LogP contribution in [0.25, 0.3) is 11.3 Å². The van der Waals surface area contributed by atoms with Gasteiger partial charge in [-0.2, -0.15) is 10.2 Å². The van der Waals surface area contributed by atoms with E-state index in [9.17, 15) is 9.59 Å². The van der Waals surface area contributed by atoms with Crippen molar-refractivity contribution in [1.82, 2.24) is 29.9 Å². The monoisotopic (exact) mass is 665 g/mol. The van der Waals surface area contributed by atoms with Gasteiger partial charge in [-0.1, -0.05) is 26.6 Å². The van der Waals surface area contributed by atoms with Gasteiger partial charge in [0.15, 0.2) is 0 Å². The number of nitrogens with one attached hydrogen (secondary N) is 2. The molecule has 0 unspecified atom stereocenters. The van der Waals surface area contributed by atoms with Crippen molar-refractivity contribution in [2.75, 3.05) is 25.6 Å². The fraction of sp³-hybridized carbons (Fsp3) is 0.567. The molecule has 2 N–H and O–H groups in total. The molecule has 14 heteroatoms. The molecule has 0 aliphatic rings. The number of carbonyl (C=O) groups excluding carboxylic acids is 2. The minimum Gasteiger partial charge on any atom is -0.383 e. The predicted octanol–water partition coefficient (Wildman–Crippen LogP) is 5.68. The molecule has 0 saturated carbocycles. The molecule has 0 aliphatic heterocycles. The summed E-state index contributed by atoms with van der Waals surface area (Å²) in [7, 11) is 0.405. The smallest absolute Gasteiger partial charge is 0.270 e. The number of rotatable bonds is 18. The first-order valence-corrected chi connectivity index (χ1v) is 19.5. The van der Waals surface area contributed by atoms with Crippen LogP contribution in [0.4, 0.5) is 5.69 Å². The Bertz CT molecular complexity index is 1360. The highest BCUT2D eigenvalue weighted by Gasteiger charge is 2.24.